The van der Waals surface area contributed by atoms with Crippen molar-refractivity contribution in [2.45, 2.75) is 112 Å². The second-order valence-corrected chi connectivity index (χ2v) is 18.5. The summed E-state index contributed by atoms with van der Waals surface area (Å²) >= 11 is 0. The summed E-state index contributed by atoms with van der Waals surface area (Å²) in [4.78, 5) is 39.4. The van der Waals surface area contributed by atoms with Crippen molar-refractivity contribution in [1.82, 2.24) is 14.2 Å². The summed E-state index contributed by atoms with van der Waals surface area (Å²) in [5.41, 5.74) is -2.22. The van der Waals surface area contributed by atoms with Crippen LogP contribution in [0.5, 0.6) is 0 Å². The SMILES string of the molecule is CO[C@H]1C(OP(OCCC#N)N(C(C)C)C(C)C)[C@@H](/C=C/P(=O)(CCOC(=O)C(C)(C)C)OCOCC(C)(C)C)O[C@H]1n1ccc(=O)[nH]c1=O. The number of hydrogen-bond donors (Lipinski definition) is 1. The molecule has 0 saturated carbocycles. The average molecular weight is 747 g/mol. The minimum atomic E-state index is -3.68. The Kier molecular flexibility index (Phi) is 17.2. The Bertz CT molecular complexity index is 1450. The summed E-state index contributed by atoms with van der Waals surface area (Å²) in [5.74, 6) is 0.914. The molecule has 1 aliphatic rings. The number of aromatic nitrogens is 2. The van der Waals surface area contributed by atoms with Crippen LogP contribution in [0.3, 0.4) is 0 Å². The molecule has 1 saturated heterocycles. The molecule has 0 radical (unpaired) electrons. The molecule has 2 rings (SSSR count). The Morgan fingerprint density at radius 2 is 1.80 bits per heavy atom. The highest BCUT2D eigenvalue weighted by Gasteiger charge is 2.49. The maximum Gasteiger partial charge on any atom is 0.330 e. The summed E-state index contributed by atoms with van der Waals surface area (Å²) in [6, 6.07) is 3.23. The lowest BCUT2D eigenvalue weighted by Gasteiger charge is -2.38. The van der Waals surface area contributed by atoms with Crippen LogP contribution in [0.25, 0.3) is 0 Å². The van der Waals surface area contributed by atoms with E-state index in [9.17, 15) is 24.2 Å². The van der Waals surface area contributed by atoms with Crippen molar-refractivity contribution < 1.29 is 41.9 Å². The molecule has 15 nitrogen and oxygen atoms in total. The van der Waals surface area contributed by atoms with E-state index >= 15 is 0 Å². The van der Waals surface area contributed by atoms with E-state index in [1.165, 1.54) is 35.8 Å². The van der Waals surface area contributed by atoms with E-state index in [0.717, 1.165) is 0 Å². The number of nitrogens with zero attached hydrogens (tertiary/aromatic N) is 3. The Morgan fingerprint density at radius 3 is 2.34 bits per heavy atom. The van der Waals surface area contributed by atoms with Gasteiger partial charge in [-0.15, -0.1) is 0 Å². The van der Waals surface area contributed by atoms with Crippen molar-refractivity contribution in [1.29, 1.82) is 5.26 Å². The van der Waals surface area contributed by atoms with Crippen LogP contribution in [0.2, 0.25) is 0 Å². The zero-order valence-electron chi connectivity index (χ0n) is 31.2. The summed E-state index contributed by atoms with van der Waals surface area (Å²) < 4.78 is 59.4. The van der Waals surface area contributed by atoms with Crippen LogP contribution in [0.1, 0.15) is 81.9 Å². The number of carbonyl (C=O) groups is 1. The largest absolute Gasteiger partial charge is 0.465 e. The molecule has 0 aliphatic carbocycles. The standard InChI is InChI=1S/C33H56N4O11P2/c1-23(2)37(24(3)4)49(45-17-12-15-34)48-27-25(47-29(28(27)42-11)36-16-13-26(38)35-31(36)40)14-19-50(41,46-22-43-21-32(5,6)7)20-18-44-30(39)33(8,9)10/h13-14,16,19,23-25,27-29H,12,17-18,20-22H2,1-11H3,(H,35,38,40)/b19-14+/t25-,27?,28+,29-,49?,50?/m1/s1. The molecule has 0 aromatic carbocycles. The first-order valence-corrected chi connectivity index (χ1v) is 19.7. The van der Waals surface area contributed by atoms with E-state index in [1.807, 2.05) is 53.1 Å². The van der Waals surface area contributed by atoms with Crippen molar-refractivity contribution in [2.75, 3.05) is 39.9 Å². The zero-order chi connectivity index (χ0) is 37.9. The Balaban J connectivity index is 2.56. The van der Waals surface area contributed by atoms with Gasteiger partial charge in [0.05, 0.1) is 37.3 Å². The van der Waals surface area contributed by atoms with Gasteiger partial charge >= 0.3 is 11.7 Å². The van der Waals surface area contributed by atoms with Crippen molar-refractivity contribution in [2.24, 2.45) is 10.8 Å². The quantitative estimate of drug-likeness (QED) is 0.0809. The van der Waals surface area contributed by atoms with Gasteiger partial charge in [-0.1, -0.05) is 20.8 Å². The van der Waals surface area contributed by atoms with Crippen LogP contribution in [-0.4, -0.2) is 90.5 Å². The number of nitriles is 1. The Morgan fingerprint density at radius 1 is 1.14 bits per heavy atom. The highest BCUT2D eigenvalue weighted by molar-refractivity contribution is 7.62. The molecule has 0 spiro atoms. The van der Waals surface area contributed by atoms with Gasteiger partial charge in [-0.05, 0) is 65.8 Å². The maximum atomic E-state index is 14.2. The predicted molar refractivity (Wildman–Crippen MR) is 190 cm³/mol. The van der Waals surface area contributed by atoms with Gasteiger partial charge in [-0.2, -0.15) is 5.26 Å². The van der Waals surface area contributed by atoms with Crippen molar-refractivity contribution in [3.8, 4) is 6.07 Å². The molecular weight excluding hydrogens is 690 g/mol. The molecule has 1 aliphatic heterocycles. The van der Waals surface area contributed by atoms with Crippen molar-refractivity contribution in [3.63, 3.8) is 0 Å². The van der Waals surface area contributed by atoms with Gasteiger partial charge < -0.3 is 28.0 Å². The number of esters is 1. The van der Waals surface area contributed by atoms with E-state index in [0.29, 0.717) is 6.61 Å². The minimum absolute atomic E-state index is 0.0179. The summed E-state index contributed by atoms with van der Waals surface area (Å²) in [6.07, 6.45) is -1.09. The van der Waals surface area contributed by atoms with Crippen molar-refractivity contribution >= 4 is 21.9 Å². The first-order chi connectivity index (χ1) is 23.2. The lowest BCUT2D eigenvalue weighted by molar-refractivity contribution is -0.152. The van der Waals surface area contributed by atoms with Gasteiger partial charge in [0, 0.05) is 31.5 Å². The van der Waals surface area contributed by atoms with Gasteiger partial charge in [-0.3, -0.25) is 28.2 Å². The van der Waals surface area contributed by atoms with E-state index in [4.69, 9.17) is 32.5 Å². The van der Waals surface area contributed by atoms with Crippen LogP contribution < -0.4 is 11.2 Å². The average Bonchev–Trinajstić information content (AvgIpc) is 3.33. The zero-order valence-corrected chi connectivity index (χ0v) is 33.0. The fourth-order valence-electron chi connectivity index (χ4n) is 4.79. The molecule has 1 aromatic heterocycles. The monoisotopic (exact) mass is 746 g/mol. The molecule has 1 fully saturated rings. The third-order valence-electron chi connectivity index (χ3n) is 7.14. The van der Waals surface area contributed by atoms with Gasteiger partial charge in [0.25, 0.3) is 14.1 Å². The molecule has 0 amide bonds. The van der Waals surface area contributed by atoms with Crippen molar-refractivity contribution in [3.05, 3.63) is 45.0 Å². The summed E-state index contributed by atoms with van der Waals surface area (Å²) in [6.45, 7) is 19.1. The fourth-order valence-corrected chi connectivity index (χ4v) is 7.94. The van der Waals surface area contributed by atoms with Crippen LogP contribution in [-0.2, 0) is 41.9 Å². The summed E-state index contributed by atoms with van der Waals surface area (Å²) in [5, 5.41) is 9.18. The fraction of sp³-hybridized carbons (Fsp3) is 0.758. The molecule has 3 unspecified atom stereocenters. The second kappa shape index (κ2) is 19.6. The van der Waals surface area contributed by atoms with Crippen LogP contribution in [0.15, 0.2) is 33.7 Å². The first kappa shape index (κ1) is 43.9. The molecule has 1 aromatic rings. The van der Waals surface area contributed by atoms with E-state index in [-0.39, 0.29) is 50.1 Å². The minimum Gasteiger partial charge on any atom is -0.465 e. The first-order valence-electron chi connectivity index (χ1n) is 16.7. The number of ether oxygens (including phenoxy) is 4. The third-order valence-corrected chi connectivity index (χ3v) is 11.2. The molecular formula is C33H56N4O11P2. The smallest absolute Gasteiger partial charge is 0.330 e. The van der Waals surface area contributed by atoms with E-state index in [2.05, 4.69) is 11.1 Å². The maximum absolute atomic E-state index is 14.2. The Labute approximate surface area is 297 Å². The van der Waals surface area contributed by atoms with Crippen LogP contribution in [0.4, 0.5) is 0 Å². The second-order valence-electron chi connectivity index (χ2n) is 14.7. The number of aromatic amines is 1. The van der Waals surface area contributed by atoms with Crippen LogP contribution in [0, 0.1) is 22.2 Å². The van der Waals surface area contributed by atoms with Gasteiger partial charge in [-0.25, -0.2) is 9.46 Å². The van der Waals surface area contributed by atoms with Gasteiger partial charge in [0.1, 0.15) is 24.9 Å². The molecule has 17 heteroatoms. The lowest BCUT2D eigenvalue weighted by Crippen LogP contribution is -2.41. The normalized spacial score (nSPS) is 21.9. The molecule has 1 N–H and O–H groups in total. The van der Waals surface area contributed by atoms with Gasteiger partial charge in [0.2, 0.25) is 7.37 Å². The lowest BCUT2D eigenvalue weighted by atomic mass is 9.97. The number of methoxy groups -OCH3 is 1. The highest BCUT2D eigenvalue weighted by Crippen LogP contribution is 2.52. The molecule has 284 valence electrons. The third kappa shape index (κ3) is 13.7. The number of carbonyl (C=O) groups excluding carboxylic acids is 1. The number of rotatable bonds is 19. The number of H-pyrrole nitrogens is 1. The Hall–Kier alpha value is -2.24. The predicted octanol–water partition coefficient (Wildman–Crippen LogP) is 5.53. The van der Waals surface area contributed by atoms with E-state index < -0.39 is 63.1 Å². The van der Waals surface area contributed by atoms with Gasteiger partial charge in [0.15, 0.2) is 13.0 Å². The molecule has 2 heterocycles. The number of hydrogen-bond acceptors (Lipinski definition) is 13. The molecule has 0 bridgehead atoms. The topological polar surface area (TPSA) is 181 Å². The molecule has 6 atom stereocenters. The molecule has 50 heavy (non-hydrogen) atoms. The van der Waals surface area contributed by atoms with E-state index in [1.54, 1.807) is 20.8 Å². The highest BCUT2D eigenvalue weighted by atomic mass is 31.2. The van der Waals surface area contributed by atoms with Crippen LogP contribution >= 0.6 is 15.9 Å². The number of nitrogens with one attached hydrogen (secondary N) is 1. The summed E-state index contributed by atoms with van der Waals surface area (Å²) in [7, 11) is -4.05.